The van der Waals surface area contributed by atoms with E-state index in [0.717, 1.165) is 6.08 Å². The molecule has 2 aromatic carbocycles. The molecule has 150 valence electrons. The first-order chi connectivity index (χ1) is 13.9. The highest BCUT2D eigenvalue weighted by Gasteiger charge is 2.22. The number of methoxy groups -OCH3 is 1. The number of nitro groups is 1. The topological polar surface area (TPSA) is 114 Å². The molecule has 1 aliphatic rings. The van der Waals surface area contributed by atoms with Crippen molar-refractivity contribution >= 4 is 23.5 Å². The van der Waals surface area contributed by atoms with Crippen LogP contribution in [0.3, 0.4) is 0 Å². The Morgan fingerprint density at radius 2 is 1.93 bits per heavy atom. The first-order valence-corrected chi connectivity index (χ1v) is 8.49. The van der Waals surface area contributed by atoms with Gasteiger partial charge in [0.15, 0.2) is 17.3 Å². The number of ether oxygens (including phenoxy) is 4. The van der Waals surface area contributed by atoms with Gasteiger partial charge in [-0.05, 0) is 37.3 Å². The average Bonchev–Trinajstić information content (AvgIpc) is 3.16. The van der Waals surface area contributed by atoms with Crippen LogP contribution in [0.5, 0.6) is 17.2 Å². The van der Waals surface area contributed by atoms with E-state index in [0.29, 0.717) is 22.6 Å². The first-order valence-electron chi connectivity index (χ1n) is 8.49. The fraction of sp³-hybridized carbons (Fsp3) is 0.200. The van der Waals surface area contributed by atoms with Crippen LogP contribution in [0.2, 0.25) is 0 Å². The molecule has 0 amide bonds. The molecular formula is C20H17NO8. The number of nitro benzene ring substituents is 1. The molecule has 0 saturated heterocycles. The van der Waals surface area contributed by atoms with Gasteiger partial charge in [-0.15, -0.1) is 0 Å². The van der Waals surface area contributed by atoms with Gasteiger partial charge < -0.3 is 18.9 Å². The Kier molecular flexibility index (Phi) is 5.77. The van der Waals surface area contributed by atoms with E-state index in [2.05, 4.69) is 0 Å². The molecule has 0 aromatic heterocycles. The van der Waals surface area contributed by atoms with Crippen molar-refractivity contribution in [3.63, 3.8) is 0 Å². The highest BCUT2D eigenvalue weighted by molar-refractivity contribution is 5.94. The second-order valence-electron chi connectivity index (χ2n) is 6.05. The molecule has 0 unspecified atom stereocenters. The van der Waals surface area contributed by atoms with Gasteiger partial charge in [-0.1, -0.05) is 0 Å². The van der Waals surface area contributed by atoms with Crippen LogP contribution in [-0.4, -0.2) is 30.6 Å². The van der Waals surface area contributed by atoms with Crippen LogP contribution in [0, 0.1) is 10.1 Å². The highest BCUT2D eigenvalue weighted by Crippen LogP contribution is 2.38. The molecule has 9 heteroatoms. The molecule has 0 radical (unpaired) electrons. The maximum absolute atomic E-state index is 12.1. The van der Waals surface area contributed by atoms with Gasteiger partial charge in [0.1, 0.15) is 12.4 Å². The molecule has 29 heavy (non-hydrogen) atoms. The van der Waals surface area contributed by atoms with Crippen LogP contribution in [0.15, 0.2) is 36.4 Å². The van der Waals surface area contributed by atoms with Crippen LogP contribution < -0.4 is 14.2 Å². The minimum absolute atomic E-state index is 0.0249. The summed E-state index contributed by atoms with van der Waals surface area (Å²) < 4.78 is 20.7. The molecule has 3 rings (SSSR count). The lowest BCUT2D eigenvalue weighted by Gasteiger charge is -2.09. The largest absolute Gasteiger partial charge is 0.496 e. The Balaban J connectivity index is 1.74. The Labute approximate surface area is 165 Å². The predicted molar refractivity (Wildman–Crippen MR) is 101 cm³/mol. The summed E-state index contributed by atoms with van der Waals surface area (Å²) in [6, 6.07) is 7.48. The molecule has 0 N–H and O–H groups in total. The van der Waals surface area contributed by atoms with Gasteiger partial charge in [0.25, 0.3) is 5.69 Å². The van der Waals surface area contributed by atoms with Crippen molar-refractivity contribution in [2.75, 3.05) is 13.9 Å². The van der Waals surface area contributed by atoms with Crippen molar-refractivity contribution in [1.82, 2.24) is 0 Å². The number of Topliss-reactive ketones (excluding diaryl/α,β-unsaturated/α-hetero) is 1. The summed E-state index contributed by atoms with van der Waals surface area (Å²) in [6.45, 7) is 1.28. The summed E-state index contributed by atoms with van der Waals surface area (Å²) in [5.74, 6) is 0.254. The van der Waals surface area contributed by atoms with E-state index in [1.807, 2.05) is 0 Å². The maximum Gasteiger partial charge on any atom is 0.331 e. The number of nitrogens with zero attached hydrogens (tertiary/aromatic N) is 1. The molecule has 1 aliphatic heterocycles. The van der Waals surface area contributed by atoms with Crippen LogP contribution in [-0.2, 0) is 16.1 Å². The minimum Gasteiger partial charge on any atom is -0.496 e. The van der Waals surface area contributed by atoms with Gasteiger partial charge >= 0.3 is 5.97 Å². The number of rotatable bonds is 7. The Morgan fingerprint density at radius 3 is 2.59 bits per heavy atom. The van der Waals surface area contributed by atoms with Crippen molar-refractivity contribution in [3.05, 3.63) is 63.2 Å². The van der Waals surface area contributed by atoms with Gasteiger partial charge in [0.05, 0.1) is 23.7 Å². The number of carbonyl (C=O) groups is 2. The first kappa shape index (κ1) is 19.9. The number of fused-ring (bicyclic) bond motifs is 1. The average molecular weight is 399 g/mol. The number of hydrogen-bond donors (Lipinski definition) is 0. The highest BCUT2D eigenvalue weighted by atomic mass is 16.7. The van der Waals surface area contributed by atoms with E-state index >= 15 is 0 Å². The van der Waals surface area contributed by atoms with Gasteiger partial charge in [-0.3, -0.25) is 14.9 Å². The molecule has 0 fully saturated rings. The number of hydrogen-bond acceptors (Lipinski definition) is 8. The fourth-order valence-electron chi connectivity index (χ4n) is 2.70. The van der Waals surface area contributed by atoms with Gasteiger partial charge in [-0.2, -0.15) is 0 Å². The molecular weight excluding hydrogens is 382 g/mol. The summed E-state index contributed by atoms with van der Waals surface area (Å²) in [4.78, 5) is 34.3. The molecule has 0 bridgehead atoms. The Morgan fingerprint density at radius 1 is 1.21 bits per heavy atom. The van der Waals surface area contributed by atoms with E-state index in [-0.39, 0.29) is 36.2 Å². The summed E-state index contributed by atoms with van der Waals surface area (Å²) in [7, 11) is 1.47. The lowest BCUT2D eigenvalue weighted by molar-refractivity contribution is -0.385. The molecule has 2 aromatic rings. The second kappa shape index (κ2) is 8.42. The van der Waals surface area contributed by atoms with Gasteiger partial charge in [0, 0.05) is 17.2 Å². The quantitative estimate of drug-likeness (QED) is 0.229. The zero-order valence-corrected chi connectivity index (χ0v) is 15.7. The summed E-state index contributed by atoms with van der Waals surface area (Å²) in [5, 5.41) is 11.3. The Bertz CT molecular complexity index is 1010. The van der Waals surface area contributed by atoms with Gasteiger partial charge in [-0.25, -0.2) is 4.79 Å². The molecule has 1 heterocycles. The fourth-order valence-corrected chi connectivity index (χ4v) is 2.70. The summed E-state index contributed by atoms with van der Waals surface area (Å²) in [6.07, 6.45) is 2.34. The SMILES string of the molecule is COc1ccc(C(C)=O)cc1COC(=O)/C=C/c1cc2c(cc1[N+](=O)[O-])OCO2. The standard InChI is InChI=1S/C20H17NO8/c1-12(22)13-3-5-17(26-2)15(7-13)10-27-20(23)6-4-14-8-18-19(29-11-28-18)9-16(14)21(24)25/h3-9H,10-11H2,1-2H3/b6-4+. The Hall–Kier alpha value is -3.88. The molecule has 0 aliphatic carbocycles. The van der Waals surface area contributed by atoms with Crippen LogP contribution >= 0.6 is 0 Å². The zero-order chi connectivity index (χ0) is 21.0. The predicted octanol–water partition coefficient (Wildman–Crippen LogP) is 3.29. The number of benzene rings is 2. The molecule has 0 saturated carbocycles. The molecule has 9 nitrogen and oxygen atoms in total. The third kappa shape index (κ3) is 4.52. The summed E-state index contributed by atoms with van der Waals surface area (Å²) >= 11 is 0. The lowest BCUT2D eigenvalue weighted by atomic mass is 10.1. The van der Waals surface area contributed by atoms with E-state index in [4.69, 9.17) is 18.9 Å². The van der Waals surface area contributed by atoms with Crippen molar-refractivity contribution in [2.45, 2.75) is 13.5 Å². The molecule has 0 atom stereocenters. The molecule has 0 spiro atoms. The van der Waals surface area contributed by atoms with Crippen LogP contribution in [0.4, 0.5) is 5.69 Å². The third-order valence-corrected chi connectivity index (χ3v) is 4.17. The zero-order valence-electron chi connectivity index (χ0n) is 15.7. The van der Waals surface area contributed by atoms with Crippen LogP contribution in [0.25, 0.3) is 6.08 Å². The van der Waals surface area contributed by atoms with Crippen molar-refractivity contribution in [2.24, 2.45) is 0 Å². The number of ketones is 1. The summed E-state index contributed by atoms with van der Waals surface area (Å²) in [5.41, 5.74) is 0.931. The van der Waals surface area contributed by atoms with E-state index < -0.39 is 10.9 Å². The van der Waals surface area contributed by atoms with E-state index in [1.165, 1.54) is 32.2 Å². The van der Waals surface area contributed by atoms with Gasteiger partial charge in [0.2, 0.25) is 6.79 Å². The monoisotopic (exact) mass is 399 g/mol. The van der Waals surface area contributed by atoms with E-state index in [9.17, 15) is 19.7 Å². The number of carbonyl (C=O) groups excluding carboxylic acids is 2. The normalized spacial score (nSPS) is 12.1. The maximum atomic E-state index is 12.1. The number of esters is 1. The minimum atomic E-state index is -0.716. The van der Waals surface area contributed by atoms with Crippen molar-refractivity contribution in [3.8, 4) is 17.2 Å². The second-order valence-corrected chi connectivity index (χ2v) is 6.05. The van der Waals surface area contributed by atoms with E-state index in [1.54, 1.807) is 18.2 Å². The van der Waals surface area contributed by atoms with Crippen molar-refractivity contribution in [1.29, 1.82) is 0 Å². The smallest absolute Gasteiger partial charge is 0.331 e. The van der Waals surface area contributed by atoms with Crippen molar-refractivity contribution < 1.29 is 33.5 Å². The third-order valence-electron chi connectivity index (χ3n) is 4.17. The van der Waals surface area contributed by atoms with Crippen LogP contribution in [0.1, 0.15) is 28.4 Å². The lowest BCUT2D eigenvalue weighted by Crippen LogP contribution is -2.04.